The molecule has 1 N–H and O–H groups in total. The third-order valence-electron chi connectivity index (χ3n) is 6.73. The number of benzene rings is 1. The topological polar surface area (TPSA) is 81.9 Å². The number of anilines is 1. The highest BCUT2D eigenvalue weighted by Crippen LogP contribution is 2.44. The van der Waals surface area contributed by atoms with Gasteiger partial charge in [-0.2, -0.15) is 0 Å². The van der Waals surface area contributed by atoms with Crippen molar-refractivity contribution in [3.8, 4) is 5.75 Å². The minimum absolute atomic E-state index is 0.0222. The zero-order valence-electron chi connectivity index (χ0n) is 20.7. The van der Waals surface area contributed by atoms with E-state index >= 15 is 0 Å². The van der Waals surface area contributed by atoms with Gasteiger partial charge in [0.25, 0.3) is 12.0 Å². The Morgan fingerprint density at radius 3 is 2.55 bits per heavy atom. The lowest BCUT2D eigenvalue weighted by atomic mass is 10.0. The Hall–Kier alpha value is -4.02. The molecule has 198 valence electrons. The largest absolute Gasteiger partial charge is 0.480 e. The van der Waals surface area contributed by atoms with Crippen molar-refractivity contribution in [1.82, 2.24) is 19.5 Å². The molecule has 1 atom stereocenters. The summed E-state index contributed by atoms with van der Waals surface area (Å²) in [5.74, 6) is -0.573. The first-order chi connectivity index (χ1) is 18.2. The summed E-state index contributed by atoms with van der Waals surface area (Å²) in [6, 6.07) is 8.31. The van der Waals surface area contributed by atoms with Crippen LogP contribution >= 0.6 is 0 Å². The molecule has 0 bridgehead atoms. The molecule has 4 aromatic rings. The van der Waals surface area contributed by atoms with E-state index in [9.17, 15) is 22.4 Å². The lowest BCUT2D eigenvalue weighted by Gasteiger charge is -2.21. The number of fused-ring (bicyclic) bond motifs is 1. The van der Waals surface area contributed by atoms with Gasteiger partial charge in [0.15, 0.2) is 0 Å². The van der Waals surface area contributed by atoms with Gasteiger partial charge in [0, 0.05) is 18.0 Å². The monoisotopic (exact) mass is 527 g/mol. The van der Waals surface area contributed by atoms with Crippen molar-refractivity contribution in [2.24, 2.45) is 0 Å². The van der Waals surface area contributed by atoms with E-state index in [2.05, 4.69) is 20.3 Å². The second-order valence-corrected chi connectivity index (χ2v) is 9.40. The van der Waals surface area contributed by atoms with Gasteiger partial charge in [-0.3, -0.25) is 9.78 Å². The SMILES string of the molecule is Cc1nc(N[C@H](C)c2cccc(C(F)F)c2F)c2cn(C3(CF)CC3)c(=O)c(OCc3ccccn3)c2n1. The van der Waals surface area contributed by atoms with Crippen molar-refractivity contribution in [1.29, 1.82) is 0 Å². The number of rotatable bonds is 9. The quantitative estimate of drug-likeness (QED) is 0.278. The van der Waals surface area contributed by atoms with Gasteiger partial charge in [-0.1, -0.05) is 24.3 Å². The molecule has 3 heterocycles. The van der Waals surface area contributed by atoms with Gasteiger partial charge in [-0.25, -0.2) is 27.5 Å². The van der Waals surface area contributed by atoms with E-state index in [1.54, 1.807) is 38.2 Å². The van der Waals surface area contributed by atoms with E-state index in [1.165, 1.54) is 22.9 Å². The molecule has 0 saturated heterocycles. The molecule has 1 aliphatic carbocycles. The number of halogens is 4. The van der Waals surface area contributed by atoms with Crippen molar-refractivity contribution in [3.63, 3.8) is 0 Å². The molecule has 7 nitrogen and oxygen atoms in total. The third kappa shape index (κ3) is 4.68. The van der Waals surface area contributed by atoms with Crippen LogP contribution < -0.4 is 15.6 Å². The van der Waals surface area contributed by atoms with Crippen molar-refractivity contribution in [2.45, 2.75) is 51.3 Å². The number of hydrogen-bond donors (Lipinski definition) is 1. The first kappa shape index (κ1) is 25.6. The highest BCUT2D eigenvalue weighted by molar-refractivity contribution is 5.92. The molecule has 0 amide bonds. The Labute approximate surface area is 215 Å². The van der Waals surface area contributed by atoms with Crippen molar-refractivity contribution in [2.75, 3.05) is 12.0 Å². The average Bonchev–Trinajstić information content (AvgIpc) is 3.69. The zero-order valence-corrected chi connectivity index (χ0v) is 20.7. The third-order valence-corrected chi connectivity index (χ3v) is 6.73. The first-order valence-electron chi connectivity index (χ1n) is 12.1. The molecule has 3 aromatic heterocycles. The lowest BCUT2D eigenvalue weighted by molar-refractivity contribution is 0.146. The summed E-state index contributed by atoms with van der Waals surface area (Å²) in [7, 11) is 0. The predicted octanol–water partition coefficient (Wildman–Crippen LogP) is 5.78. The van der Waals surface area contributed by atoms with Crippen LogP contribution in [-0.2, 0) is 12.1 Å². The van der Waals surface area contributed by atoms with Crippen LogP contribution in [0.4, 0.5) is 23.4 Å². The number of aromatic nitrogens is 4. The van der Waals surface area contributed by atoms with Gasteiger partial charge in [-0.15, -0.1) is 0 Å². The van der Waals surface area contributed by atoms with E-state index in [0.29, 0.717) is 29.7 Å². The summed E-state index contributed by atoms with van der Waals surface area (Å²) in [6.07, 6.45) is 1.07. The molecule has 38 heavy (non-hydrogen) atoms. The molecule has 1 aliphatic rings. The molecule has 1 saturated carbocycles. The summed E-state index contributed by atoms with van der Waals surface area (Å²) in [6.45, 7) is 2.46. The predicted molar refractivity (Wildman–Crippen MR) is 134 cm³/mol. The van der Waals surface area contributed by atoms with Crippen LogP contribution in [-0.4, -0.2) is 26.2 Å². The highest BCUT2D eigenvalue weighted by Gasteiger charge is 2.46. The van der Waals surface area contributed by atoms with E-state index < -0.39 is 41.6 Å². The van der Waals surface area contributed by atoms with Crippen LogP contribution in [0.1, 0.15) is 54.9 Å². The fraction of sp³-hybridized carbons (Fsp3) is 0.333. The van der Waals surface area contributed by atoms with Crippen LogP contribution in [0.5, 0.6) is 5.75 Å². The number of aryl methyl sites for hydroxylation is 1. The van der Waals surface area contributed by atoms with E-state index in [4.69, 9.17) is 4.74 Å². The smallest absolute Gasteiger partial charge is 0.295 e. The molecular weight excluding hydrogens is 502 g/mol. The van der Waals surface area contributed by atoms with Gasteiger partial charge in [0.05, 0.1) is 28.2 Å². The van der Waals surface area contributed by atoms with Gasteiger partial charge < -0.3 is 14.6 Å². The maximum absolute atomic E-state index is 14.9. The second-order valence-electron chi connectivity index (χ2n) is 9.40. The fourth-order valence-corrected chi connectivity index (χ4v) is 4.43. The van der Waals surface area contributed by atoms with Crippen molar-refractivity contribution < 1.29 is 22.3 Å². The standard InChI is InChI=1S/C27H25F4N5O2/c1-15(18-7-5-8-19(21(18)29)24(30)31)33-25-20-12-36(27(14-28)9-10-27)26(37)23(22(20)34-16(2)35-25)38-13-17-6-3-4-11-32-17/h3-8,11-12,15,24H,9-10,13-14H2,1-2H3,(H,33,34,35)/t15-/m1/s1. The van der Waals surface area contributed by atoms with Crippen LogP contribution in [0.25, 0.3) is 10.9 Å². The molecule has 5 rings (SSSR count). The molecule has 1 aromatic carbocycles. The summed E-state index contributed by atoms with van der Waals surface area (Å²) in [4.78, 5) is 26.6. The second kappa shape index (κ2) is 10.0. The van der Waals surface area contributed by atoms with Gasteiger partial charge in [0.1, 0.15) is 36.3 Å². The van der Waals surface area contributed by atoms with Gasteiger partial charge in [-0.05, 0) is 38.8 Å². The van der Waals surface area contributed by atoms with Crippen LogP contribution in [0.3, 0.4) is 0 Å². The number of hydrogen-bond acceptors (Lipinski definition) is 6. The maximum atomic E-state index is 14.9. The molecule has 1 fully saturated rings. The molecule has 0 radical (unpaired) electrons. The Morgan fingerprint density at radius 2 is 1.89 bits per heavy atom. The lowest BCUT2D eigenvalue weighted by Crippen LogP contribution is -2.33. The molecule has 0 aliphatic heterocycles. The van der Waals surface area contributed by atoms with E-state index in [-0.39, 0.29) is 29.3 Å². The molecule has 0 spiro atoms. The van der Waals surface area contributed by atoms with Crippen molar-refractivity contribution >= 4 is 16.7 Å². The number of pyridine rings is 2. The minimum atomic E-state index is -2.96. The van der Waals surface area contributed by atoms with Gasteiger partial charge in [0.2, 0.25) is 5.75 Å². The Bertz CT molecular complexity index is 1540. The molecular formula is C27H25F4N5O2. The Morgan fingerprint density at radius 1 is 1.13 bits per heavy atom. The van der Waals surface area contributed by atoms with Crippen molar-refractivity contribution in [3.05, 3.63) is 87.6 Å². The van der Waals surface area contributed by atoms with Crippen LogP contribution in [0.2, 0.25) is 0 Å². The molecule has 0 unspecified atom stereocenters. The first-order valence-corrected chi connectivity index (χ1v) is 12.1. The number of alkyl halides is 3. The fourth-order valence-electron chi connectivity index (χ4n) is 4.43. The summed E-state index contributed by atoms with van der Waals surface area (Å²) >= 11 is 0. The Balaban J connectivity index is 1.62. The maximum Gasteiger partial charge on any atom is 0.295 e. The minimum Gasteiger partial charge on any atom is -0.480 e. The zero-order chi connectivity index (χ0) is 27.0. The number of ether oxygens (including phenoxy) is 1. The van der Waals surface area contributed by atoms with E-state index in [0.717, 1.165) is 6.07 Å². The number of nitrogens with one attached hydrogen (secondary N) is 1. The summed E-state index contributed by atoms with van der Waals surface area (Å²) in [5.41, 5.74) is -1.42. The normalized spacial score (nSPS) is 15.0. The van der Waals surface area contributed by atoms with Crippen LogP contribution in [0.15, 0.2) is 53.6 Å². The summed E-state index contributed by atoms with van der Waals surface area (Å²) in [5, 5.41) is 3.42. The average molecular weight is 528 g/mol. The highest BCUT2D eigenvalue weighted by atomic mass is 19.3. The van der Waals surface area contributed by atoms with Crippen LogP contribution in [0, 0.1) is 12.7 Å². The molecule has 11 heteroatoms. The number of nitrogens with zero attached hydrogens (tertiary/aromatic N) is 4. The van der Waals surface area contributed by atoms with Gasteiger partial charge >= 0.3 is 0 Å². The summed E-state index contributed by atoms with van der Waals surface area (Å²) < 4.78 is 62.7. The van der Waals surface area contributed by atoms with E-state index in [1.807, 2.05) is 0 Å². The Kier molecular flexibility index (Phi) is 6.77.